The summed E-state index contributed by atoms with van der Waals surface area (Å²) in [7, 11) is 1.65. The normalized spacial score (nSPS) is 16.8. The Morgan fingerprint density at radius 1 is 1.25 bits per heavy atom. The van der Waals surface area contributed by atoms with E-state index in [4.69, 9.17) is 4.74 Å². The summed E-state index contributed by atoms with van der Waals surface area (Å²) in [5.74, 6) is 0.810. The van der Waals surface area contributed by atoms with E-state index < -0.39 is 0 Å². The van der Waals surface area contributed by atoms with E-state index in [1.54, 1.807) is 13.3 Å². The fourth-order valence-electron chi connectivity index (χ4n) is 2.02. The van der Waals surface area contributed by atoms with Crippen LogP contribution in [0.2, 0.25) is 0 Å². The van der Waals surface area contributed by atoms with Crippen LogP contribution < -0.4 is 10.1 Å². The van der Waals surface area contributed by atoms with Crippen LogP contribution in [0.4, 0.5) is 11.4 Å². The summed E-state index contributed by atoms with van der Waals surface area (Å²) in [6.07, 6.45) is 7.68. The zero-order chi connectivity index (χ0) is 13.8. The van der Waals surface area contributed by atoms with Crippen molar-refractivity contribution in [1.29, 1.82) is 0 Å². The molecule has 3 rings (SSSR count). The first kappa shape index (κ1) is 12.4. The minimum atomic E-state index is 0.0675. The van der Waals surface area contributed by atoms with Crippen molar-refractivity contribution in [1.82, 2.24) is 4.98 Å². The number of nitrogens with zero attached hydrogens (tertiary/aromatic N) is 2. The molecule has 100 valence electrons. The monoisotopic (exact) mass is 265 g/mol. The Labute approximate surface area is 117 Å². The van der Waals surface area contributed by atoms with E-state index in [1.165, 1.54) is 0 Å². The maximum absolute atomic E-state index is 5.19. The molecule has 0 aliphatic carbocycles. The number of aromatic nitrogens is 1. The van der Waals surface area contributed by atoms with Crippen molar-refractivity contribution in [2.24, 2.45) is 4.99 Å². The molecule has 1 aliphatic heterocycles. The standard InChI is InChI=1S/C16H15N3O/c1-20-14-7-8-15-16(10-14)18-11-13(19-15)6-5-12-4-2-3-9-17-12/h2-11,13,19H,1H3/b6-5+. The highest BCUT2D eigenvalue weighted by atomic mass is 16.5. The molecule has 0 saturated heterocycles. The molecule has 4 nitrogen and oxygen atoms in total. The van der Waals surface area contributed by atoms with Crippen LogP contribution >= 0.6 is 0 Å². The number of benzene rings is 1. The Hall–Kier alpha value is -2.62. The smallest absolute Gasteiger partial charge is 0.121 e. The van der Waals surface area contributed by atoms with Gasteiger partial charge in [-0.15, -0.1) is 0 Å². The predicted octanol–water partition coefficient (Wildman–Crippen LogP) is 3.30. The van der Waals surface area contributed by atoms with Crippen molar-refractivity contribution < 1.29 is 4.74 Å². The number of rotatable bonds is 3. The van der Waals surface area contributed by atoms with Crippen molar-refractivity contribution in [2.45, 2.75) is 6.04 Å². The molecule has 0 bridgehead atoms. The Morgan fingerprint density at radius 2 is 2.20 bits per heavy atom. The summed E-state index contributed by atoms with van der Waals surface area (Å²) in [5, 5.41) is 3.40. The van der Waals surface area contributed by atoms with Gasteiger partial charge in [0.15, 0.2) is 0 Å². The number of hydrogen-bond acceptors (Lipinski definition) is 4. The lowest BCUT2D eigenvalue weighted by Gasteiger charge is -2.19. The summed E-state index contributed by atoms with van der Waals surface area (Å²) in [4.78, 5) is 8.71. The number of ether oxygens (including phenoxy) is 1. The molecule has 1 aromatic carbocycles. The second-order valence-electron chi connectivity index (χ2n) is 4.45. The van der Waals surface area contributed by atoms with Gasteiger partial charge in [-0.2, -0.15) is 0 Å². The molecule has 1 N–H and O–H groups in total. The van der Waals surface area contributed by atoms with E-state index >= 15 is 0 Å². The lowest BCUT2D eigenvalue weighted by atomic mass is 10.1. The third-order valence-electron chi connectivity index (χ3n) is 3.06. The lowest BCUT2D eigenvalue weighted by Crippen LogP contribution is -2.20. The lowest BCUT2D eigenvalue weighted by molar-refractivity contribution is 0.415. The molecule has 0 spiro atoms. The van der Waals surface area contributed by atoms with Gasteiger partial charge in [0, 0.05) is 18.5 Å². The van der Waals surface area contributed by atoms with Crippen molar-refractivity contribution in [2.75, 3.05) is 12.4 Å². The summed E-state index contributed by atoms with van der Waals surface area (Å²) in [5.41, 5.74) is 2.83. The summed E-state index contributed by atoms with van der Waals surface area (Å²) < 4.78 is 5.19. The highest BCUT2D eigenvalue weighted by Gasteiger charge is 2.11. The van der Waals surface area contributed by atoms with E-state index in [-0.39, 0.29) is 6.04 Å². The minimum absolute atomic E-state index is 0.0675. The van der Waals surface area contributed by atoms with Gasteiger partial charge in [-0.1, -0.05) is 12.1 Å². The third kappa shape index (κ3) is 2.69. The van der Waals surface area contributed by atoms with Crippen molar-refractivity contribution in [3.63, 3.8) is 0 Å². The van der Waals surface area contributed by atoms with Gasteiger partial charge in [0.2, 0.25) is 0 Å². The molecule has 2 aromatic rings. The number of methoxy groups -OCH3 is 1. The Balaban J connectivity index is 1.75. The molecule has 1 unspecified atom stereocenters. The third-order valence-corrected chi connectivity index (χ3v) is 3.06. The SMILES string of the molecule is COc1ccc2c(c1)N=CC(/C=C/c1ccccn1)N2. The topological polar surface area (TPSA) is 46.5 Å². The van der Waals surface area contributed by atoms with Crippen LogP contribution in [0.25, 0.3) is 6.08 Å². The van der Waals surface area contributed by atoms with E-state index in [1.807, 2.05) is 54.8 Å². The summed E-state index contributed by atoms with van der Waals surface area (Å²) in [6.45, 7) is 0. The van der Waals surface area contributed by atoms with Gasteiger partial charge in [0.1, 0.15) is 5.75 Å². The van der Waals surface area contributed by atoms with Crippen molar-refractivity contribution in [3.05, 3.63) is 54.4 Å². The number of aliphatic imine (C=N–C) groups is 1. The Morgan fingerprint density at radius 3 is 3.00 bits per heavy atom. The largest absolute Gasteiger partial charge is 0.497 e. The predicted molar refractivity (Wildman–Crippen MR) is 81.8 cm³/mol. The van der Waals surface area contributed by atoms with E-state index in [0.717, 1.165) is 22.8 Å². The molecule has 0 saturated carbocycles. The molecular formula is C16H15N3O. The number of anilines is 1. The fourth-order valence-corrected chi connectivity index (χ4v) is 2.02. The van der Waals surface area contributed by atoms with Gasteiger partial charge >= 0.3 is 0 Å². The maximum atomic E-state index is 5.19. The Bertz CT molecular complexity index is 650. The molecule has 1 atom stereocenters. The van der Waals surface area contributed by atoms with E-state index in [2.05, 4.69) is 15.3 Å². The molecule has 4 heteroatoms. The number of hydrogen-bond donors (Lipinski definition) is 1. The number of fused-ring (bicyclic) bond motifs is 1. The zero-order valence-corrected chi connectivity index (χ0v) is 11.2. The van der Waals surface area contributed by atoms with Gasteiger partial charge in [-0.25, -0.2) is 0 Å². The van der Waals surface area contributed by atoms with Crippen molar-refractivity contribution in [3.8, 4) is 5.75 Å². The minimum Gasteiger partial charge on any atom is -0.497 e. The molecular weight excluding hydrogens is 250 g/mol. The second kappa shape index (κ2) is 5.57. The van der Waals surface area contributed by atoms with Crippen LogP contribution in [0.3, 0.4) is 0 Å². The van der Waals surface area contributed by atoms with Crippen LogP contribution in [-0.2, 0) is 0 Å². The molecule has 2 heterocycles. The zero-order valence-electron chi connectivity index (χ0n) is 11.2. The molecule has 1 aromatic heterocycles. The van der Waals surface area contributed by atoms with Crippen LogP contribution in [0.1, 0.15) is 5.69 Å². The maximum Gasteiger partial charge on any atom is 0.121 e. The van der Waals surface area contributed by atoms with Gasteiger partial charge in [-0.05, 0) is 30.3 Å². The first-order chi connectivity index (χ1) is 9.85. The Kier molecular flexibility index (Phi) is 3.46. The first-order valence-corrected chi connectivity index (χ1v) is 6.43. The van der Waals surface area contributed by atoms with Crippen LogP contribution in [0, 0.1) is 0 Å². The van der Waals surface area contributed by atoms with Gasteiger partial charge in [0.05, 0.1) is 30.2 Å². The first-order valence-electron chi connectivity index (χ1n) is 6.43. The van der Waals surface area contributed by atoms with Crippen LogP contribution in [0.15, 0.2) is 53.7 Å². The van der Waals surface area contributed by atoms with Gasteiger partial charge in [-0.3, -0.25) is 9.98 Å². The molecule has 20 heavy (non-hydrogen) atoms. The molecule has 1 aliphatic rings. The summed E-state index contributed by atoms with van der Waals surface area (Å²) in [6, 6.07) is 11.7. The van der Waals surface area contributed by atoms with Crippen LogP contribution in [0.5, 0.6) is 5.75 Å². The second-order valence-corrected chi connectivity index (χ2v) is 4.45. The van der Waals surface area contributed by atoms with Gasteiger partial charge < -0.3 is 10.1 Å². The fraction of sp³-hybridized carbons (Fsp3) is 0.125. The quantitative estimate of drug-likeness (QED) is 0.926. The summed E-state index contributed by atoms with van der Waals surface area (Å²) >= 11 is 0. The average molecular weight is 265 g/mol. The van der Waals surface area contributed by atoms with Crippen LogP contribution in [-0.4, -0.2) is 24.4 Å². The molecule has 0 fully saturated rings. The van der Waals surface area contributed by atoms with Crippen molar-refractivity contribution >= 4 is 23.7 Å². The average Bonchev–Trinajstić information content (AvgIpc) is 2.53. The number of nitrogens with one attached hydrogen (secondary N) is 1. The molecule has 0 amide bonds. The van der Waals surface area contributed by atoms with E-state index in [0.29, 0.717) is 0 Å². The van der Waals surface area contributed by atoms with E-state index in [9.17, 15) is 0 Å². The van der Waals surface area contributed by atoms with Gasteiger partial charge in [0.25, 0.3) is 0 Å². The highest BCUT2D eigenvalue weighted by Crippen LogP contribution is 2.32. The highest BCUT2D eigenvalue weighted by molar-refractivity contribution is 5.85. The molecule has 0 radical (unpaired) electrons. The number of pyridine rings is 1.